The van der Waals surface area contributed by atoms with Gasteiger partial charge in [-0.25, -0.2) is 0 Å². The summed E-state index contributed by atoms with van der Waals surface area (Å²) in [4.78, 5) is 13.5. The predicted molar refractivity (Wildman–Crippen MR) is 101 cm³/mol. The molecule has 0 saturated carbocycles. The number of carbonyl (C=O) groups excluding carboxylic acids is 1. The molecule has 24 heavy (non-hydrogen) atoms. The van der Waals surface area contributed by atoms with Gasteiger partial charge in [-0.15, -0.1) is 0 Å². The smallest absolute Gasteiger partial charge is 0.276 e. The third kappa shape index (κ3) is 3.66. The minimum atomic E-state index is -0.150. The van der Waals surface area contributed by atoms with Crippen LogP contribution < -0.4 is 10.1 Å². The van der Waals surface area contributed by atoms with E-state index in [0.29, 0.717) is 23.2 Å². The highest BCUT2D eigenvalue weighted by Crippen LogP contribution is 2.23. The molecule has 2 aromatic rings. The molecule has 0 radical (unpaired) electrons. The summed E-state index contributed by atoms with van der Waals surface area (Å²) in [5.41, 5.74) is 2.34. The van der Waals surface area contributed by atoms with Gasteiger partial charge in [-0.2, -0.15) is 0 Å². The Morgan fingerprint density at radius 3 is 2.58 bits per heavy atom. The van der Waals surface area contributed by atoms with Crippen molar-refractivity contribution in [3.63, 3.8) is 0 Å². The summed E-state index contributed by atoms with van der Waals surface area (Å²) in [5, 5.41) is 3.32. The van der Waals surface area contributed by atoms with E-state index in [2.05, 4.69) is 21.2 Å². The van der Waals surface area contributed by atoms with E-state index < -0.39 is 0 Å². The number of para-hydroxylation sites is 1. The van der Waals surface area contributed by atoms with Gasteiger partial charge in [-0.3, -0.25) is 9.69 Å². The van der Waals surface area contributed by atoms with Crippen LogP contribution in [-0.2, 0) is 11.4 Å². The lowest BCUT2D eigenvalue weighted by Crippen LogP contribution is -2.25. The van der Waals surface area contributed by atoms with E-state index >= 15 is 0 Å². The van der Waals surface area contributed by atoms with Gasteiger partial charge < -0.3 is 10.1 Å². The molecule has 1 fully saturated rings. The zero-order valence-corrected chi connectivity index (χ0v) is 15.4. The molecule has 1 heterocycles. The second kappa shape index (κ2) is 7.15. The molecule has 122 valence electrons. The second-order valence-corrected chi connectivity index (χ2v) is 6.61. The largest absolute Gasteiger partial charge is 0.488 e. The van der Waals surface area contributed by atoms with E-state index in [1.165, 1.54) is 4.90 Å². The van der Waals surface area contributed by atoms with Crippen molar-refractivity contribution in [1.82, 2.24) is 10.2 Å². The van der Waals surface area contributed by atoms with Gasteiger partial charge in [0.25, 0.3) is 5.91 Å². The Labute approximate surface area is 154 Å². The van der Waals surface area contributed by atoms with E-state index in [4.69, 9.17) is 17.0 Å². The van der Waals surface area contributed by atoms with Gasteiger partial charge in [-0.1, -0.05) is 46.3 Å². The lowest BCUT2D eigenvalue weighted by atomic mass is 10.1. The van der Waals surface area contributed by atoms with Crippen molar-refractivity contribution in [1.29, 1.82) is 0 Å². The molecular formula is C18H15BrN2O2S. The SMILES string of the molecule is CN1C(=O)/C(=C\c2ccccc2OCc2ccc(Br)cc2)NC1=S. The molecule has 0 aliphatic carbocycles. The van der Waals surface area contributed by atoms with Crippen molar-refractivity contribution in [2.24, 2.45) is 0 Å². The quantitative estimate of drug-likeness (QED) is 0.624. The Bertz CT molecular complexity index is 818. The third-order valence-electron chi connectivity index (χ3n) is 3.61. The van der Waals surface area contributed by atoms with E-state index in [-0.39, 0.29) is 5.91 Å². The summed E-state index contributed by atoms with van der Waals surface area (Å²) >= 11 is 8.50. The van der Waals surface area contributed by atoms with Gasteiger partial charge in [-0.05, 0) is 42.1 Å². The number of halogens is 1. The first-order valence-electron chi connectivity index (χ1n) is 7.31. The number of nitrogens with one attached hydrogen (secondary N) is 1. The van der Waals surface area contributed by atoms with Crippen molar-refractivity contribution in [2.75, 3.05) is 7.05 Å². The minimum absolute atomic E-state index is 0.150. The molecule has 0 spiro atoms. The molecule has 1 amide bonds. The molecule has 0 unspecified atom stereocenters. The molecule has 1 saturated heterocycles. The number of rotatable bonds is 4. The van der Waals surface area contributed by atoms with Crippen LogP contribution in [0.3, 0.4) is 0 Å². The number of carbonyl (C=O) groups is 1. The first kappa shape index (κ1) is 16.7. The van der Waals surface area contributed by atoms with Crippen LogP contribution in [0.5, 0.6) is 5.75 Å². The topological polar surface area (TPSA) is 41.6 Å². The van der Waals surface area contributed by atoms with Crippen LogP contribution in [-0.4, -0.2) is 23.0 Å². The van der Waals surface area contributed by atoms with Crippen LogP contribution in [0.25, 0.3) is 6.08 Å². The molecule has 4 nitrogen and oxygen atoms in total. The number of benzene rings is 2. The summed E-state index contributed by atoms with van der Waals surface area (Å²) in [6.45, 7) is 0.452. The van der Waals surface area contributed by atoms with E-state index in [1.807, 2.05) is 48.5 Å². The fourth-order valence-corrected chi connectivity index (χ4v) is 2.71. The summed E-state index contributed by atoms with van der Waals surface area (Å²) in [7, 11) is 1.65. The first-order valence-corrected chi connectivity index (χ1v) is 8.52. The van der Waals surface area contributed by atoms with E-state index in [1.54, 1.807) is 13.1 Å². The van der Waals surface area contributed by atoms with Crippen molar-refractivity contribution < 1.29 is 9.53 Å². The number of hydrogen-bond acceptors (Lipinski definition) is 3. The number of likely N-dealkylation sites (N-methyl/N-ethyl adjacent to an activating group) is 1. The van der Waals surface area contributed by atoms with Gasteiger partial charge in [0.1, 0.15) is 18.1 Å². The fraction of sp³-hybridized carbons (Fsp3) is 0.111. The molecule has 1 aliphatic rings. The maximum atomic E-state index is 12.1. The second-order valence-electron chi connectivity index (χ2n) is 5.31. The van der Waals surface area contributed by atoms with Gasteiger partial charge in [0, 0.05) is 17.1 Å². The zero-order chi connectivity index (χ0) is 17.1. The molecule has 3 rings (SSSR count). The summed E-state index contributed by atoms with van der Waals surface area (Å²) < 4.78 is 6.95. The Balaban J connectivity index is 1.79. The van der Waals surface area contributed by atoms with Crippen molar-refractivity contribution in [3.8, 4) is 5.75 Å². The highest BCUT2D eigenvalue weighted by atomic mass is 79.9. The molecule has 1 N–H and O–H groups in total. The number of thiocarbonyl (C=S) groups is 1. The Morgan fingerprint density at radius 2 is 1.92 bits per heavy atom. The average Bonchev–Trinajstić information content (AvgIpc) is 2.82. The van der Waals surface area contributed by atoms with Crippen molar-refractivity contribution in [2.45, 2.75) is 6.61 Å². The maximum absolute atomic E-state index is 12.1. The normalized spacial score (nSPS) is 15.8. The van der Waals surface area contributed by atoms with Gasteiger partial charge >= 0.3 is 0 Å². The average molecular weight is 403 g/mol. The Hall–Kier alpha value is -2.18. The highest BCUT2D eigenvalue weighted by Gasteiger charge is 2.27. The van der Waals surface area contributed by atoms with Gasteiger partial charge in [0.15, 0.2) is 5.11 Å². The molecule has 1 aliphatic heterocycles. The van der Waals surface area contributed by atoms with Crippen LogP contribution >= 0.6 is 28.1 Å². The third-order valence-corrected chi connectivity index (χ3v) is 4.51. The van der Waals surface area contributed by atoms with Crippen LogP contribution in [0.1, 0.15) is 11.1 Å². The fourth-order valence-electron chi connectivity index (χ4n) is 2.25. The molecule has 6 heteroatoms. The number of hydrogen-bond donors (Lipinski definition) is 1. The van der Waals surface area contributed by atoms with Crippen LogP contribution in [0.15, 0.2) is 58.7 Å². The number of nitrogens with zero attached hydrogens (tertiary/aromatic N) is 1. The zero-order valence-electron chi connectivity index (χ0n) is 13.0. The van der Waals surface area contributed by atoms with Gasteiger partial charge in [0.2, 0.25) is 0 Å². The van der Waals surface area contributed by atoms with Crippen LogP contribution in [0.4, 0.5) is 0 Å². The molecule has 0 bridgehead atoms. The maximum Gasteiger partial charge on any atom is 0.276 e. The standard InChI is InChI=1S/C18H15BrN2O2S/c1-21-17(22)15(20-18(21)24)10-13-4-2-3-5-16(13)23-11-12-6-8-14(19)9-7-12/h2-10H,11H2,1H3,(H,20,24)/b15-10+. The molecular weight excluding hydrogens is 388 g/mol. The Morgan fingerprint density at radius 1 is 1.21 bits per heavy atom. The lowest BCUT2D eigenvalue weighted by Gasteiger charge is -2.10. The van der Waals surface area contributed by atoms with E-state index in [0.717, 1.165) is 15.6 Å². The van der Waals surface area contributed by atoms with Crippen molar-refractivity contribution in [3.05, 3.63) is 69.8 Å². The minimum Gasteiger partial charge on any atom is -0.488 e. The highest BCUT2D eigenvalue weighted by molar-refractivity contribution is 9.10. The van der Waals surface area contributed by atoms with Crippen LogP contribution in [0.2, 0.25) is 0 Å². The first-order chi connectivity index (χ1) is 11.5. The number of amides is 1. The lowest BCUT2D eigenvalue weighted by molar-refractivity contribution is -0.121. The predicted octanol–water partition coefficient (Wildman–Crippen LogP) is 3.72. The van der Waals surface area contributed by atoms with Gasteiger partial charge in [0.05, 0.1) is 0 Å². The van der Waals surface area contributed by atoms with Crippen molar-refractivity contribution >= 4 is 45.2 Å². The van der Waals surface area contributed by atoms with E-state index in [9.17, 15) is 4.79 Å². The summed E-state index contributed by atoms with van der Waals surface area (Å²) in [6.07, 6.45) is 1.76. The summed E-state index contributed by atoms with van der Waals surface area (Å²) in [6, 6.07) is 15.5. The molecule has 2 aromatic carbocycles. The number of ether oxygens (including phenoxy) is 1. The molecule has 0 aromatic heterocycles. The van der Waals surface area contributed by atoms with Crippen LogP contribution in [0, 0.1) is 0 Å². The molecule has 0 atom stereocenters. The Kier molecular flexibility index (Phi) is 4.97. The summed E-state index contributed by atoms with van der Waals surface area (Å²) in [5.74, 6) is 0.561. The monoisotopic (exact) mass is 402 g/mol.